The molecular weight excluding hydrogens is 460 g/mol. The Morgan fingerprint density at radius 2 is 1.97 bits per heavy atom. The van der Waals surface area contributed by atoms with Gasteiger partial charge in [-0.05, 0) is 34.6 Å². The number of rotatable bonds is 4. The average molecular weight is 487 g/mol. The van der Waals surface area contributed by atoms with Crippen LogP contribution in [-0.2, 0) is 29.2 Å². The molecule has 0 aliphatic carbocycles. The quantitative estimate of drug-likeness (QED) is 0.596. The Labute approximate surface area is 189 Å². The van der Waals surface area contributed by atoms with Gasteiger partial charge in [-0.3, -0.25) is 9.36 Å². The lowest BCUT2D eigenvalue weighted by Crippen LogP contribution is -2.49. The van der Waals surface area contributed by atoms with Gasteiger partial charge in [0.1, 0.15) is 30.2 Å². The molecule has 0 saturated carbocycles. The molecule has 182 valence electrons. The highest BCUT2D eigenvalue weighted by molar-refractivity contribution is 7.87. The Balaban J connectivity index is 1.69. The van der Waals surface area contributed by atoms with Crippen LogP contribution in [0.5, 0.6) is 0 Å². The number of aromatic nitrogens is 4. The molecule has 4 heterocycles. The first kappa shape index (κ1) is 23.6. The molecule has 2 aromatic rings. The summed E-state index contributed by atoms with van der Waals surface area (Å²) in [6, 6.07) is 0. The molecule has 0 spiro atoms. The van der Waals surface area contributed by atoms with Crippen LogP contribution in [0.2, 0.25) is 0 Å². The summed E-state index contributed by atoms with van der Waals surface area (Å²) in [6.07, 6.45) is -1.99. The smallest absolute Gasteiger partial charge is 0.425 e. The van der Waals surface area contributed by atoms with Gasteiger partial charge in [0.15, 0.2) is 23.2 Å². The van der Waals surface area contributed by atoms with E-state index in [1.54, 1.807) is 34.6 Å². The molecule has 2 aliphatic heterocycles. The maximum Gasteiger partial charge on any atom is 0.425 e. The first-order valence-electron chi connectivity index (χ1n) is 10.1. The highest BCUT2D eigenvalue weighted by atomic mass is 32.2. The van der Waals surface area contributed by atoms with Crippen molar-refractivity contribution >= 4 is 27.5 Å². The second kappa shape index (κ2) is 7.73. The van der Waals surface area contributed by atoms with E-state index < -0.39 is 64.3 Å². The SMILES string of the molecule is CC(C)(C)OC(=O)N(C[C@@H]1O[C@H](n2cnc3nc[nH]c(=O)c32)[C@H]2OC(C)(C)O[C@H]21)S(N)(=O)=O. The monoisotopic (exact) mass is 486 g/mol. The largest absolute Gasteiger partial charge is 0.443 e. The fourth-order valence-corrected chi connectivity index (χ4v) is 4.47. The molecule has 0 unspecified atom stereocenters. The number of ether oxygens (including phenoxy) is 4. The van der Waals surface area contributed by atoms with E-state index in [-0.39, 0.29) is 11.2 Å². The number of imidazole rings is 1. The van der Waals surface area contributed by atoms with Crippen LogP contribution in [0.1, 0.15) is 40.8 Å². The first-order valence-corrected chi connectivity index (χ1v) is 11.6. The number of aromatic amines is 1. The molecule has 2 saturated heterocycles. The van der Waals surface area contributed by atoms with Gasteiger partial charge in [-0.2, -0.15) is 12.7 Å². The van der Waals surface area contributed by atoms with Crippen molar-refractivity contribution in [2.45, 2.75) is 70.5 Å². The molecule has 14 nitrogen and oxygen atoms in total. The summed E-state index contributed by atoms with van der Waals surface area (Å²) in [5.74, 6) is -1.03. The molecule has 0 radical (unpaired) electrons. The fourth-order valence-electron chi connectivity index (χ4n) is 3.87. The van der Waals surface area contributed by atoms with Crippen molar-refractivity contribution in [2.24, 2.45) is 5.14 Å². The summed E-state index contributed by atoms with van der Waals surface area (Å²) in [6.45, 7) is 7.66. The molecule has 3 N–H and O–H groups in total. The first-order chi connectivity index (χ1) is 15.2. The van der Waals surface area contributed by atoms with Gasteiger partial charge in [-0.15, -0.1) is 0 Å². The number of hydrogen-bond acceptors (Lipinski definition) is 10. The lowest BCUT2D eigenvalue weighted by molar-refractivity contribution is -0.196. The maximum absolute atomic E-state index is 12.6. The molecule has 2 aliphatic rings. The Bertz CT molecular complexity index is 1230. The third kappa shape index (κ3) is 4.59. The molecule has 2 aromatic heterocycles. The van der Waals surface area contributed by atoms with Crippen LogP contribution in [-0.4, -0.2) is 74.6 Å². The van der Waals surface area contributed by atoms with Gasteiger partial charge < -0.3 is 23.9 Å². The van der Waals surface area contributed by atoms with E-state index in [1.165, 1.54) is 17.2 Å². The molecule has 0 aromatic carbocycles. The molecule has 33 heavy (non-hydrogen) atoms. The number of nitrogens with one attached hydrogen (secondary N) is 1. The summed E-state index contributed by atoms with van der Waals surface area (Å²) in [4.78, 5) is 35.6. The zero-order valence-electron chi connectivity index (χ0n) is 18.7. The predicted molar refractivity (Wildman–Crippen MR) is 112 cm³/mol. The normalized spacial score (nSPS) is 27.0. The lowest BCUT2D eigenvalue weighted by Gasteiger charge is -2.29. The number of nitrogens with zero attached hydrogens (tertiary/aromatic N) is 4. The van der Waals surface area contributed by atoms with Crippen molar-refractivity contribution in [2.75, 3.05) is 6.54 Å². The Kier molecular flexibility index (Phi) is 5.52. The molecule has 15 heteroatoms. The third-order valence-corrected chi connectivity index (χ3v) is 5.93. The predicted octanol–water partition coefficient (Wildman–Crippen LogP) is -0.0223. The minimum atomic E-state index is -4.50. The average Bonchev–Trinajstić information content (AvgIpc) is 3.29. The van der Waals surface area contributed by atoms with E-state index in [9.17, 15) is 18.0 Å². The van der Waals surface area contributed by atoms with E-state index in [0.717, 1.165) is 0 Å². The number of fused-ring (bicyclic) bond motifs is 2. The Hall–Kier alpha value is -2.59. The third-order valence-electron chi connectivity index (χ3n) is 5.02. The minimum absolute atomic E-state index is 0.144. The number of carbonyl (C=O) groups is 1. The number of H-pyrrole nitrogens is 1. The van der Waals surface area contributed by atoms with Crippen molar-refractivity contribution in [1.29, 1.82) is 0 Å². The highest BCUT2D eigenvalue weighted by Crippen LogP contribution is 2.43. The van der Waals surface area contributed by atoms with E-state index in [0.29, 0.717) is 4.31 Å². The van der Waals surface area contributed by atoms with Crippen molar-refractivity contribution < 1.29 is 32.2 Å². The van der Waals surface area contributed by atoms with E-state index in [4.69, 9.17) is 24.1 Å². The number of amides is 1. The second-order valence-electron chi connectivity index (χ2n) is 9.24. The summed E-state index contributed by atoms with van der Waals surface area (Å²) < 4.78 is 49.4. The summed E-state index contributed by atoms with van der Waals surface area (Å²) >= 11 is 0. The lowest BCUT2D eigenvalue weighted by atomic mass is 10.1. The molecular formula is C18H26N6O8S. The van der Waals surface area contributed by atoms with Crippen molar-refractivity contribution in [1.82, 2.24) is 23.8 Å². The van der Waals surface area contributed by atoms with E-state index in [2.05, 4.69) is 15.0 Å². The van der Waals surface area contributed by atoms with Crippen LogP contribution in [0.3, 0.4) is 0 Å². The summed E-state index contributed by atoms with van der Waals surface area (Å²) in [5, 5.41) is 5.29. The number of carbonyl (C=O) groups excluding carboxylic acids is 1. The van der Waals surface area contributed by atoms with Crippen LogP contribution >= 0.6 is 0 Å². The summed E-state index contributed by atoms with van der Waals surface area (Å²) in [7, 11) is -4.50. The Morgan fingerprint density at radius 3 is 2.61 bits per heavy atom. The molecule has 2 fully saturated rings. The van der Waals surface area contributed by atoms with Crippen LogP contribution < -0.4 is 10.7 Å². The topological polar surface area (TPSA) is 181 Å². The van der Waals surface area contributed by atoms with Gasteiger partial charge >= 0.3 is 16.3 Å². The second-order valence-corrected chi connectivity index (χ2v) is 10.7. The summed E-state index contributed by atoms with van der Waals surface area (Å²) in [5.41, 5.74) is -1.06. The number of nitrogens with two attached hydrogens (primary N) is 1. The minimum Gasteiger partial charge on any atom is -0.443 e. The van der Waals surface area contributed by atoms with Crippen LogP contribution in [0.25, 0.3) is 11.2 Å². The van der Waals surface area contributed by atoms with Crippen LogP contribution in [0.4, 0.5) is 4.79 Å². The maximum atomic E-state index is 12.6. The van der Waals surface area contributed by atoms with E-state index >= 15 is 0 Å². The molecule has 4 rings (SSSR count). The Morgan fingerprint density at radius 1 is 1.30 bits per heavy atom. The molecule has 4 atom stereocenters. The van der Waals surface area contributed by atoms with Crippen molar-refractivity contribution in [3.8, 4) is 0 Å². The van der Waals surface area contributed by atoms with Crippen LogP contribution in [0, 0.1) is 0 Å². The van der Waals surface area contributed by atoms with Gasteiger partial charge in [0.05, 0.1) is 12.9 Å². The van der Waals surface area contributed by atoms with Gasteiger partial charge in [0.2, 0.25) is 0 Å². The van der Waals surface area contributed by atoms with Gasteiger partial charge in [0, 0.05) is 0 Å². The molecule has 1 amide bonds. The van der Waals surface area contributed by atoms with Crippen LogP contribution in [0.15, 0.2) is 17.4 Å². The van der Waals surface area contributed by atoms with Crippen molar-refractivity contribution in [3.05, 3.63) is 23.0 Å². The van der Waals surface area contributed by atoms with Crippen molar-refractivity contribution in [3.63, 3.8) is 0 Å². The highest BCUT2D eigenvalue weighted by Gasteiger charge is 2.57. The van der Waals surface area contributed by atoms with E-state index in [1.807, 2.05) is 0 Å². The zero-order chi connectivity index (χ0) is 24.3. The van der Waals surface area contributed by atoms with Gasteiger partial charge in [-0.1, -0.05) is 0 Å². The van der Waals surface area contributed by atoms with Gasteiger partial charge in [0.25, 0.3) is 5.56 Å². The van der Waals surface area contributed by atoms with Gasteiger partial charge in [-0.25, -0.2) is 19.9 Å². The molecule has 0 bridgehead atoms. The number of hydrogen-bond donors (Lipinski definition) is 2. The zero-order valence-corrected chi connectivity index (χ0v) is 19.5. The fraction of sp³-hybridized carbons (Fsp3) is 0.667. The standard InChI is InChI=1S/C18H26N6O8S/c1-17(2,3)32-16(26)24(33(19,27)28)6-9-11-12(31-18(4,5)30-11)15(29-9)23-8-22-13-10(23)14(25)21-7-20-13/h7-9,11-12,15H,6H2,1-5H3,(H2,19,27,28)(H,20,21,25)/t9-,11-,12-,15-/m0/s1.